The predicted octanol–water partition coefficient (Wildman–Crippen LogP) is 3.53. The molecule has 3 rings (SSSR count). The lowest BCUT2D eigenvalue weighted by Gasteiger charge is -2.06. The molecule has 1 N–H and O–H groups in total. The lowest BCUT2D eigenvalue weighted by atomic mass is 10.2. The number of hydrogen-bond acceptors (Lipinski definition) is 6. The topological polar surface area (TPSA) is 93.0 Å². The van der Waals surface area contributed by atoms with E-state index in [1.807, 2.05) is 0 Å². The fraction of sp³-hybridized carbons (Fsp3) is 0.118. The van der Waals surface area contributed by atoms with Crippen LogP contribution in [-0.2, 0) is 6.18 Å². The summed E-state index contributed by atoms with van der Waals surface area (Å²) in [7, 11) is 0. The van der Waals surface area contributed by atoms with Crippen LogP contribution >= 0.6 is 0 Å². The normalized spacial score (nSPS) is 12.2. The van der Waals surface area contributed by atoms with Gasteiger partial charge in [0.15, 0.2) is 5.43 Å². The molecule has 0 aliphatic carbocycles. The van der Waals surface area contributed by atoms with Crippen molar-refractivity contribution in [2.75, 3.05) is 0 Å². The Morgan fingerprint density at radius 1 is 1.12 bits per heavy atom. The molecule has 0 saturated carbocycles. The summed E-state index contributed by atoms with van der Waals surface area (Å²) >= 11 is 0. The third-order valence-electron chi connectivity index (χ3n) is 3.42. The monoisotopic (exact) mass is 365 g/mol. The van der Waals surface area contributed by atoms with Gasteiger partial charge in [-0.1, -0.05) is 0 Å². The third kappa shape index (κ3) is 3.37. The molecule has 0 amide bonds. The van der Waals surface area contributed by atoms with Gasteiger partial charge in [0.25, 0.3) is 0 Å². The molecule has 3 aromatic rings. The Balaban J connectivity index is 2.04. The summed E-state index contributed by atoms with van der Waals surface area (Å²) < 4.78 is 47.5. The molecule has 9 heteroatoms. The summed E-state index contributed by atoms with van der Waals surface area (Å²) in [4.78, 5) is 27.5. The summed E-state index contributed by atoms with van der Waals surface area (Å²) in [6.45, 7) is 1.49. The van der Waals surface area contributed by atoms with E-state index in [0.717, 1.165) is 12.3 Å². The van der Waals surface area contributed by atoms with Gasteiger partial charge in [-0.3, -0.25) is 9.79 Å². The molecule has 26 heavy (non-hydrogen) atoms. The van der Waals surface area contributed by atoms with Crippen LogP contribution in [0.5, 0.6) is 5.75 Å². The van der Waals surface area contributed by atoms with Crippen LogP contribution in [0.2, 0.25) is 0 Å². The average Bonchev–Trinajstić information content (AvgIpc) is 2.53. The minimum Gasteiger partial charge on any atom is -0.507 e. The fourth-order valence-corrected chi connectivity index (χ4v) is 2.23. The molecule has 0 unspecified atom stereocenters. The lowest BCUT2D eigenvalue weighted by molar-refractivity contribution is -0.152. The van der Waals surface area contributed by atoms with E-state index in [1.54, 1.807) is 0 Å². The van der Waals surface area contributed by atoms with Crippen molar-refractivity contribution in [2.24, 2.45) is 4.99 Å². The van der Waals surface area contributed by atoms with Crippen LogP contribution in [0.1, 0.15) is 17.1 Å². The van der Waals surface area contributed by atoms with Crippen LogP contribution < -0.4 is 11.1 Å². The van der Waals surface area contributed by atoms with E-state index in [4.69, 9.17) is 8.83 Å². The van der Waals surface area contributed by atoms with Crippen LogP contribution in [-0.4, -0.2) is 11.3 Å². The molecular formula is C17H10F3NO5. The number of halogens is 3. The van der Waals surface area contributed by atoms with Crippen LogP contribution in [0.4, 0.5) is 18.9 Å². The zero-order chi connectivity index (χ0) is 19.1. The molecule has 0 radical (unpaired) electrons. The number of benzene rings is 1. The fourth-order valence-electron chi connectivity index (χ4n) is 2.23. The molecule has 1 aromatic carbocycles. The van der Waals surface area contributed by atoms with Gasteiger partial charge >= 0.3 is 11.8 Å². The maximum Gasteiger partial charge on any atom is 0.449 e. The van der Waals surface area contributed by atoms with E-state index in [1.165, 1.54) is 25.1 Å². The van der Waals surface area contributed by atoms with Crippen LogP contribution in [0.3, 0.4) is 0 Å². The molecule has 0 saturated heterocycles. The van der Waals surface area contributed by atoms with Crippen molar-refractivity contribution in [1.82, 2.24) is 0 Å². The van der Waals surface area contributed by atoms with Gasteiger partial charge in [-0.05, 0) is 25.1 Å². The second-order valence-corrected chi connectivity index (χ2v) is 5.35. The van der Waals surface area contributed by atoms with E-state index in [2.05, 4.69) is 4.99 Å². The SMILES string of the molecule is Cc1cc(O)c(C=Nc2ccc3oc(C(F)(F)F)cc(=O)c3c2)c(=O)o1. The molecule has 0 spiro atoms. The largest absolute Gasteiger partial charge is 0.507 e. The molecule has 0 fully saturated rings. The second-order valence-electron chi connectivity index (χ2n) is 5.35. The van der Waals surface area contributed by atoms with Crippen LogP contribution in [0.15, 0.2) is 53.7 Å². The van der Waals surface area contributed by atoms with Crippen LogP contribution in [0.25, 0.3) is 11.0 Å². The highest BCUT2D eigenvalue weighted by molar-refractivity contribution is 5.86. The maximum absolute atomic E-state index is 12.7. The Morgan fingerprint density at radius 2 is 1.85 bits per heavy atom. The molecule has 2 aromatic heterocycles. The Kier molecular flexibility index (Phi) is 4.15. The minimum absolute atomic E-state index is 0.104. The number of alkyl halides is 3. The number of fused-ring (bicyclic) bond motifs is 1. The average molecular weight is 365 g/mol. The van der Waals surface area contributed by atoms with E-state index >= 15 is 0 Å². The molecule has 6 nitrogen and oxygen atoms in total. The predicted molar refractivity (Wildman–Crippen MR) is 86.1 cm³/mol. The summed E-state index contributed by atoms with van der Waals surface area (Å²) in [6.07, 6.45) is -3.74. The van der Waals surface area contributed by atoms with Crippen molar-refractivity contribution in [1.29, 1.82) is 0 Å². The van der Waals surface area contributed by atoms with Crippen molar-refractivity contribution in [3.8, 4) is 5.75 Å². The Labute approximate surface area is 142 Å². The second kappa shape index (κ2) is 6.17. The summed E-state index contributed by atoms with van der Waals surface area (Å²) in [5.74, 6) is -1.51. The smallest absolute Gasteiger partial charge is 0.449 e. The van der Waals surface area contributed by atoms with E-state index in [-0.39, 0.29) is 33.7 Å². The first-order valence-electron chi connectivity index (χ1n) is 7.18. The number of hydrogen-bond donors (Lipinski definition) is 1. The molecular weight excluding hydrogens is 355 g/mol. The highest BCUT2D eigenvalue weighted by Gasteiger charge is 2.34. The van der Waals surface area contributed by atoms with E-state index in [9.17, 15) is 27.9 Å². The van der Waals surface area contributed by atoms with Gasteiger partial charge in [-0.15, -0.1) is 0 Å². The Bertz CT molecular complexity index is 1140. The summed E-state index contributed by atoms with van der Waals surface area (Å²) in [5.41, 5.74) is -1.96. The Morgan fingerprint density at radius 3 is 2.50 bits per heavy atom. The van der Waals surface area contributed by atoms with Crippen molar-refractivity contribution < 1.29 is 27.1 Å². The minimum atomic E-state index is -4.78. The van der Waals surface area contributed by atoms with Gasteiger partial charge in [-0.2, -0.15) is 13.2 Å². The quantitative estimate of drug-likeness (QED) is 0.702. The maximum atomic E-state index is 12.7. The van der Waals surface area contributed by atoms with Crippen molar-refractivity contribution in [2.45, 2.75) is 13.1 Å². The number of aryl methyl sites for hydroxylation is 1. The summed E-state index contributed by atoms with van der Waals surface area (Å²) in [6, 6.07) is 5.27. The number of aromatic hydroxyl groups is 1. The number of aliphatic imine (C=N–C) groups is 1. The molecule has 134 valence electrons. The van der Waals surface area contributed by atoms with Gasteiger partial charge in [0.1, 0.15) is 22.7 Å². The van der Waals surface area contributed by atoms with Gasteiger partial charge < -0.3 is 13.9 Å². The zero-order valence-electron chi connectivity index (χ0n) is 13.1. The summed E-state index contributed by atoms with van der Waals surface area (Å²) in [5, 5.41) is 9.65. The van der Waals surface area contributed by atoms with Gasteiger partial charge in [0.2, 0.25) is 5.76 Å². The molecule has 2 heterocycles. The van der Waals surface area contributed by atoms with E-state index < -0.39 is 23.0 Å². The Hall–Kier alpha value is -3.36. The van der Waals surface area contributed by atoms with Crippen molar-refractivity contribution in [3.05, 3.63) is 68.1 Å². The molecule has 0 bridgehead atoms. The number of nitrogens with zero attached hydrogens (tertiary/aromatic N) is 1. The van der Waals surface area contributed by atoms with Crippen molar-refractivity contribution >= 4 is 22.9 Å². The van der Waals surface area contributed by atoms with Gasteiger partial charge in [0, 0.05) is 18.3 Å². The lowest BCUT2D eigenvalue weighted by Crippen LogP contribution is -2.10. The third-order valence-corrected chi connectivity index (χ3v) is 3.42. The zero-order valence-corrected chi connectivity index (χ0v) is 13.1. The highest BCUT2D eigenvalue weighted by Crippen LogP contribution is 2.30. The molecule has 0 aliphatic rings. The van der Waals surface area contributed by atoms with Crippen molar-refractivity contribution in [3.63, 3.8) is 0 Å². The van der Waals surface area contributed by atoms with Gasteiger partial charge in [-0.25, -0.2) is 4.79 Å². The van der Waals surface area contributed by atoms with Crippen LogP contribution in [0, 0.1) is 6.92 Å². The first-order chi connectivity index (χ1) is 12.1. The van der Waals surface area contributed by atoms with E-state index in [0.29, 0.717) is 6.07 Å². The molecule has 0 aliphatic heterocycles. The highest BCUT2D eigenvalue weighted by atomic mass is 19.4. The standard InChI is InChI=1S/C17H10F3NO5/c1-8-4-12(22)11(16(24)25-8)7-21-9-2-3-14-10(5-9)13(23)6-15(26-14)17(18,19)20/h2-7,22H,1H3. The molecule has 0 atom stereocenters. The first-order valence-corrected chi connectivity index (χ1v) is 7.18. The first kappa shape index (κ1) is 17.5. The van der Waals surface area contributed by atoms with Gasteiger partial charge in [0.05, 0.1) is 11.1 Å². The number of rotatable bonds is 2.